The van der Waals surface area contributed by atoms with Crippen LogP contribution in [0.25, 0.3) is 16.6 Å². The lowest BCUT2D eigenvalue weighted by molar-refractivity contribution is -0.174. The van der Waals surface area contributed by atoms with Crippen molar-refractivity contribution in [3.63, 3.8) is 0 Å². The van der Waals surface area contributed by atoms with Gasteiger partial charge in [-0.25, -0.2) is 9.07 Å². The van der Waals surface area contributed by atoms with Crippen molar-refractivity contribution < 1.29 is 27.1 Å². The third-order valence-electron chi connectivity index (χ3n) is 6.13. The summed E-state index contributed by atoms with van der Waals surface area (Å²) in [4.78, 5) is 11.7. The third kappa shape index (κ3) is 5.93. The van der Waals surface area contributed by atoms with Crippen molar-refractivity contribution in [3.8, 4) is 11.4 Å². The van der Waals surface area contributed by atoms with E-state index in [2.05, 4.69) is 5.10 Å². The van der Waals surface area contributed by atoms with Crippen LogP contribution in [0.15, 0.2) is 60.8 Å². The maximum atomic E-state index is 13.3. The molecule has 0 aliphatic rings. The van der Waals surface area contributed by atoms with Crippen LogP contribution in [-0.4, -0.2) is 27.9 Å². The smallest absolute Gasteiger partial charge is 0.471 e. The van der Waals surface area contributed by atoms with Gasteiger partial charge < -0.3 is 10.1 Å². The number of aromatic nitrogens is 2. The largest absolute Gasteiger partial charge is 0.484 e. The van der Waals surface area contributed by atoms with E-state index in [9.17, 15) is 22.4 Å². The Morgan fingerprint density at radius 3 is 2.27 bits per heavy atom. The number of nitrogens with one attached hydrogen (secondary N) is 1. The highest BCUT2D eigenvalue weighted by atomic mass is 19.4. The minimum absolute atomic E-state index is 0. The quantitative estimate of drug-likeness (QED) is 0.284. The zero-order valence-electron chi connectivity index (χ0n) is 20.2. The number of fused-ring (bicyclic) bond motifs is 1. The van der Waals surface area contributed by atoms with E-state index in [1.54, 1.807) is 41.2 Å². The first-order valence-corrected chi connectivity index (χ1v) is 11.3. The van der Waals surface area contributed by atoms with Crippen LogP contribution >= 0.6 is 0 Å². The lowest BCUT2D eigenvalue weighted by Gasteiger charge is -2.28. The molecule has 0 bridgehead atoms. The van der Waals surface area contributed by atoms with Crippen LogP contribution in [0.5, 0.6) is 5.75 Å². The van der Waals surface area contributed by atoms with Crippen molar-refractivity contribution >= 4 is 16.8 Å². The van der Waals surface area contributed by atoms with Gasteiger partial charge in [-0.15, -0.1) is 0 Å². The summed E-state index contributed by atoms with van der Waals surface area (Å²) in [5.74, 6) is -1.98. The summed E-state index contributed by atoms with van der Waals surface area (Å²) in [5, 5.41) is 7.12. The maximum Gasteiger partial charge on any atom is 0.471 e. The zero-order chi connectivity index (χ0) is 26.2. The molecular formula is C28H29F4N3O2. The average Bonchev–Trinajstić information content (AvgIpc) is 3.23. The molecule has 0 aliphatic heterocycles. The number of nitrogens with zero attached hydrogens (tertiary/aromatic N) is 2. The monoisotopic (exact) mass is 515 g/mol. The number of hydrogen-bond donors (Lipinski definition) is 1. The maximum absolute atomic E-state index is 13.3. The van der Waals surface area contributed by atoms with Gasteiger partial charge in [0.25, 0.3) is 0 Å². The number of hydrogen-bond acceptors (Lipinski definition) is 3. The Morgan fingerprint density at radius 2 is 1.62 bits per heavy atom. The van der Waals surface area contributed by atoms with E-state index >= 15 is 0 Å². The van der Waals surface area contributed by atoms with Crippen molar-refractivity contribution in [2.45, 2.75) is 53.4 Å². The SMILES string of the molecule is C.Cc1cc(C)c([C@@H](Oc2ccc3c(cnn3-c3ccc(F)cc3)c2)[C@H](C)NC(=O)C(F)(F)F)cc1C. The Kier molecular flexibility index (Phi) is 7.95. The van der Waals surface area contributed by atoms with Gasteiger partial charge in [0.15, 0.2) is 0 Å². The van der Waals surface area contributed by atoms with Gasteiger partial charge in [0, 0.05) is 5.39 Å². The molecule has 0 radical (unpaired) electrons. The minimum Gasteiger partial charge on any atom is -0.484 e. The van der Waals surface area contributed by atoms with Crippen molar-refractivity contribution in [2.75, 3.05) is 0 Å². The van der Waals surface area contributed by atoms with E-state index in [0.717, 1.165) is 27.6 Å². The lowest BCUT2D eigenvalue weighted by atomic mass is 9.94. The molecule has 4 rings (SSSR count). The van der Waals surface area contributed by atoms with Crippen LogP contribution in [0.1, 0.15) is 42.7 Å². The van der Waals surface area contributed by atoms with E-state index in [1.165, 1.54) is 19.1 Å². The molecule has 1 amide bonds. The van der Waals surface area contributed by atoms with E-state index < -0.39 is 24.2 Å². The van der Waals surface area contributed by atoms with Crippen molar-refractivity contribution in [1.29, 1.82) is 0 Å². The fraction of sp³-hybridized carbons (Fsp3) is 0.286. The van der Waals surface area contributed by atoms with Crippen molar-refractivity contribution in [1.82, 2.24) is 15.1 Å². The molecule has 0 fully saturated rings. The molecule has 37 heavy (non-hydrogen) atoms. The zero-order valence-corrected chi connectivity index (χ0v) is 20.2. The summed E-state index contributed by atoms with van der Waals surface area (Å²) in [5.41, 5.74) is 4.92. The fourth-order valence-corrected chi connectivity index (χ4v) is 4.11. The Labute approximate surface area is 213 Å². The van der Waals surface area contributed by atoms with Gasteiger partial charge in [0.1, 0.15) is 17.7 Å². The fourth-order valence-electron chi connectivity index (χ4n) is 4.11. The number of aryl methyl sites for hydroxylation is 3. The molecule has 0 aliphatic carbocycles. The number of carbonyl (C=O) groups is 1. The number of rotatable bonds is 6. The van der Waals surface area contributed by atoms with Gasteiger partial charge in [-0.3, -0.25) is 4.79 Å². The van der Waals surface area contributed by atoms with Gasteiger partial charge in [-0.2, -0.15) is 18.3 Å². The normalized spacial score (nSPS) is 13.1. The molecule has 3 aromatic carbocycles. The van der Waals surface area contributed by atoms with Crippen molar-refractivity contribution in [2.24, 2.45) is 0 Å². The summed E-state index contributed by atoms with van der Waals surface area (Å²) < 4.78 is 60.0. The lowest BCUT2D eigenvalue weighted by Crippen LogP contribution is -2.45. The molecule has 0 saturated carbocycles. The summed E-state index contributed by atoms with van der Waals surface area (Å²) in [6.07, 6.45) is -4.28. The molecule has 4 aromatic rings. The molecule has 1 heterocycles. The number of carbonyl (C=O) groups excluding carboxylic acids is 1. The summed E-state index contributed by atoms with van der Waals surface area (Å²) in [7, 11) is 0. The van der Waals surface area contributed by atoms with Crippen LogP contribution in [0, 0.1) is 26.6 Å². The van der Waals surface area contributed by atoms with Gasteiger partial charge in [-0.1, -0.05) is 19.6 Å². The minimum atomic E-state index is -5.01. The third-order valence-corrected chi connectivity index (χ3v) is 6.13. The van der Waals surface area contributed by atoms with Crippen LogP contribution in [0.4, 0.5) is 17.6 Å². The molecule has 196 valence electrons. The highest BCUT2D eigenvalue weighted by Crippen LogP contribution is 2.32. The standard InChI is InChI=1S/C27H25F4N3O2.CH4/c1-15-11-17(3)23(12-16(15)2)25(18(4)33-26(35)27(29,30)31)36-22-9-10-24-19(13-22)14-32-34(24)21-7-5-20(28)6-8-21;/h5-14,18,25H,1-4H3,(H,33,35);1H4/t18-,25-;/m0./s1. The topological polar surface area (TPSA) is 56.1 Å². The highest BCUT2D eigenvalue weighted by molar-refractivity contribution is 5.82. The molecule has 0 unspecified atom stereocenters. The predicted molar refractivity (Wildman–Crippen MR) is 135 cm³/mol. The summed E-state index contributed by atoms with van der Waals surface area (Å²) >= 11 is 0. The summed E-state index contributed by atoms with van der Waals surface area (Å²) in [6.45, 7) is 7.19. The second-order valence-electron chi connectivity index (χ2n) is 8.84. The van der Waals surface area contributed by atoms with Gasteiger partial charge in [-0.05, 0) is 92.4 Å². The second-order valence-corrected chi connectivity index (χ2v) is 8.84. The molecular weight excluding hydrogens is 486 g/mol. The van der Waals surface area contributed by atoms with E-state index in [-0.39, 0.29) is 13.2 Å². The van der Waals surface area contributed by atoms with Gasteiger partial charge in [0.2, 0.25) is 0 Å². The molecule has 1 N–H and O–H groups in total. The predicted octanol–water partition coefficient (Wildman–Crippen LogP) is 6.91. The Hall–Kier alpha value is -3.88. The first kappa shape index (κ1) is 27.7. The number of halogens is 4. The Balaban J connectivity index is 0.00000380. The molecule has 0 saturated heterocycles. The van der Waals surface area contributed by atoms with Gasteiger partial charge in [0.05, 0.1) is 23.4 Å². The molecule has 1 aromatic heterocycles. The van der Waals surface area contributed by atoms with Crippen molar-refractivity contribution in [3.05, 3.63) is 88.9 Å². The average molecular weight is 516 g/mol. The number of benzene rings is 3. The second kappa shape index (κ2) is 10.6. The molecule has 2 atom stereocenters. The van der Waals surface area contributed by atoms with E-state index in [0.29, 0.717) is 17.0 Å². The van der Waals surface area contributed by atoms with Crippen LogP contribution < -0.4 is 10.1 Å². The Bertz CT molecular complexity index is 1410. The number of amides is 1. The molecule has 9 heteroatoms. The highest BCUT2D eigenvalue weighted by Gasteiger charge is 2.40. The Morgan fingerprint density at radius 1 is 0.973 bits per heavy atom. The van der Waals surface area contributed by atoms with Gasteiger partial charge >= 0.3 is 12.1 Å². The van der Waals surface area contributed by atoms with Crippen LogP contribution in [-0.2, 0) is 4.79 Å². The van der Waals surface area contributed by atoms with Crippen LogP contribution in [0.3, 0.4) is 0 Å². The molecule has 0 spiro atoms. The number of ether oxygens (including phenoxy) is 1. The first-order chi connectivity index (χ1) is 16.9. The van der Waals surface area contributed by atoms with Crippen LogP contribution in [0.2, 0.25) is 0 Å². The number of alkyl halides is 3. The molecule has 5 nitrogen and oxygen atoms in total. The first-order valence-electron chi connectivity index (χ1n) is 11.3. The van der Waals surface area contributed by atoms with E-state index in [1.807, 2.05) is 38.2 Å². The summed E-state index contributed by atoms with van der Waals surface area (Å²) in [6, 6.07) is 13.9. The van der Waals surface area contributed by atoms with E-state index in [4.69, 9.17) is 4.74 Å².